The van der Waals surface area contributed by atoms with Crippen LogP contribution in [0.25, 0.3) is 11.3 Å². The molecule has 0 unspecified atom stereocenters. The van der Waals surface area contributed by atoms with Crippen molar-refractivity contribution >= 4 is 40.5 Å². The predicted octanol–water partition coefficient (Wildman–Crippen LogP) is 5.09. The monoisotopic (exact) mass is 472 g/mol. The molecule has 0 fully saturated rings. The van der Waals surface area contributed by atoms with Crippen molar-refractivity contribution in [3.8, 4) is 22.8 Å². The van der Waals surface area contributed by atoms with E-state index in [0.717, 1.165) is 22.5 Å². The average Bonchev–Trinajstić information content (AvgIpc) is 3.23. The largest absolute Gasteiger partial charge is 0.495 e. The number of H-pyrrole nitrogens is 1. The van der Waals surface area contributed by atoms with Gasteiger partial charge in [0.05, 0.1) is 43.5 Å². The number of para-hydroxylation sites is 1. The van der Waals surface area contributed by atoms with Gasteiger partial charge in [-0.2, -0.15) is 5.10 Å². The van der Waals surface area contributed by atoms with Gasteiger partial charge in [0.1, 0.15) is 21.5 Å². The molecule has 1 aliphatic rings. The Morgan fingerprint density at radius 2 is 1.91 bits per heavy atom. The summed E-state index contributed by atoms with van der Waals surface area (Å²) in [5.41, 5.74) is 5.02. The second-order valence-electron chi connectivity index (χ2n) is 7.20. The number of ether oxygens (including phenoxy) is 2. The zero-order valence-corrected chi connectivity index (χ0v) is 19.2. The van der Waals surface area contributed by atoms with Crippen LogP contribution in [-0.2, 0) is 17.8 Å². The molecule has 0 spiro atoms. The molecule has 3 aromatic rings. The van der Waals surface area contributed by atoms with Crippen LogP contribution < -0.4 is 19.7 Å². The molecule has 0 radical (unpaired) electrons. The lowest BCUT2D eigenvalue weighted by molar-refractivity contribution is -0.111. The van der Waals surface area contributed by atoms with Crippen molar-refractivity contribution in [2.75, 3.05) is 31.0 Å². The number of benzene rings is 2. The van der Waals surface area contributed by atoms with Gasteiger partial charge in [-0.3, -0.25) is 9.89 Å². The third-order valence-electron chi connectivity index (χ3n) is 5.43. The molecule has 1 aromatic heterocycles. The fourth-order valence-electron chi connectivity index (χ4n) is 3.86. The number of rotatable bonds is 6. The van der Waals surface area contributed by atoms with Crippen molar-refractivity contribution in [2.24, 2.45) is 0 Å². The molecule has 1 amide bonds. The maximum absolute atomic E-state index is 11.9. The molecule has 0 bridgehead atoms. The molecule has 7 nitrogen and oxygen atoms in total. The number of aromatic amines is 1. The first-order valence-corrected chi connectivity index (χ1v) is 10.7. The number of aromatic nitrogens is 2. The van der Waals surface area contributed by atoms with Crippen LogP contribution in [0.15, 0.2) is 43.0 Å². The van der Waals surface area contributed by atoms with Crippen LogP contribution >= 0.6 is 23.2 Å². The van der Waals surface area contributed by atoms with E-state index in [1.165, 1.54) is 6.08 Å². The van der Waals surface area contributed by atoms with E-state index < -0.39 is 0 Å². The standard InChI is InChI=1S/C23H22Cl2N4O3/c1-4-19(30)26-15-8-6-5-7-13(15)22-14-9-10-29(12-16(14)27-28-22)23-20(24)17(31-2)11-18(32-3)21(23)25/h4-8,11H,1,9-10,12H2,2-3H3,(H,26,30)(H,27,28). The smallest absolute Gasteiger partial charge is 0.247 e. The quantitative estimate of drug-likeness (QED) is 0.488. The fraction of sp³-hybridized carbons (Fsp3) is 0.217. The molecule has 166 valence electrons. The second-order valence-corrected chi connectivity index (χ2v) is 7.95. The summed E-state index contributed by atoms with van der Waals surface area (Å²) in [4.78, 5) is 13.9. The number of hydrogen-bond acceptors (Lipinski definition) is 5. The number of fused-ring (bicyclic) bond motifs is 1. The van der Waals surface area contributed by atoms with Gasteiger partial charge in [-0.25, -0.2) is 0 Å². The molecule has 2 N–H and O–H groups in total. The van der Waals surface area contributed by atoms with Crippen molar-refractivity contribution in [1.82, 2.24) is 10.2 Å². The molecule has 9 heteroatoms. The third-order valence-corrected chi connectivity index (χ3v) is 6.16. The van der Waals surface area contributed by atoms with Gasteiger partial charge in [-0.1, -0.05) is 48.0 Å². The normalized spacial score (nSPS) is 12.8. The highest BCUT2D eigenvalue weighted by atomic mass is 35.5. The molecule has 0 aliphatic carbocycles. The highest BCUT2D eigenvalue weighted by Gasteiger charge is 2.28. The Kier molecular flexibility index (Phi) is 6.30. The SMILES string of the molecule is C=CC(=O)Nc1ccccc1-c1n[nH]c2c1CCN(c1c(Cl)c(OC)cc(OC)c1Cl)C2. The van der Waals surface area contributed by atoms with E-state index in [2.05, 4.69) is 27.0 Å². The maximum Gasteiger partial charge on any atom is 0.247 e. The van der Waals surface area contributed by atoms with Crippen molar-refractivity contribution in [2.45, 2.75) is 13.0 Å². The summed E-state index contributed by atoms with van der Waals surface area (Å²) < 4.78 is 10.8. The zero-order chi connectivity index (χ0) is 22.8. The van der Waals surface area contributed by atoms with Crippen LogP contribution in [0.1, 0.15) is 11.3 Å². The van der Waals surface area contributed by atoms with Gasteiger partial charge in [-0.05, 0) is 18.6 Å². The molecule has 32 heavy (non-hydrogen) atoms. The lowest BCUT2D eigenvalue weighted by Crippen LogP contribution is -2.31. The highest BCUT2D eigenvalue weighted by Crippen LogP contribution is 2.47. The van der Waals surface area contributed by atoms with Gasteiger partial charge in [0.15, 0.2) is 0 Å². The summed E-state index contributed by atoms with van der Waals surface area (Å²) in [6.07, 6.45) is 1.95. The molecule has 1 aliphatic heterocycles. The number of amides is 1. The first-order chi connectivity index (χ1) is 15.5. The van der Waals surface area contributed by atoms with Gasteiger partial charge in [0.2, 0.25) is 5.91 Å². The lowest BCUT2D eigenvalue weighted by Gasteiger charge is -2.31. The van der Waals surface area contributed by atoms with Gasteiger partial charge >= 0.3 is 0 Å². The number of methoxy groups -OCH3 is 2. The van der Waals surface area contributed by atoms with E-state index in [1.54, 1.807) is 20.3 Å². The summed E-state index contributed by atoms with van der Waals surface area (Å²) in [5.74, 6) is 0.709. The van der Waals surface area contributed by atoms with E-state index in [0.29, 0.717) is 52.4 Å². The predicted molar refractivity (Wildman–Crippen MR) is 127 cm³/mol. The number of nitrogens with one attached hydrogen (secondary N) is 2. The Morgan fingerprint density at radius 1 is 1.22 bits per heavy atom. The van der Waals surface area contributed by atoms with Crippen molar-refractivity contribution in [1.29, 1.82) is 0 Å². The van der Waals surface area contributed by atoms with Crippen molar-refractivity contribution in [3.05, 3.63) is 64.3 Å². The molecule has 2 aromatic carbocycles. The summed E-state index contributed by atoms with van der Waals surface area (Å²) in [7, 11) is 3.10. The Labute approximate surface area is 195 Å². The molecular formula is C23H22Cl2N4O3. The second kappa shape index (κ2) is 9.14. The molecule has 4 rings (SSSR count). The minimum atomic E-state index is -0.274. The summed E-state index contributed by atoms with van der Waals surface area (Å²) >= 11 is 13.2. The highest BCUT2D eigenvalue weighted by molar-refractivity contribution is 6.41. The minimum Gasteiger partial charge on any atom is -0.495 e. The third kappa shape index (κ3) is 3.89. The Balaban J connectivity index is 1.70. The van der Waals surface area contributed by atoms with Gasteiger partial charge in [0.25, 0.3) is 0 Å². The Morgan fingerprint density at radius 3 is 2.56 bits per heavy atom. The molecule has 0 atom stereocenters. The Hall–Kier alpha value is -3.16. The first kappa shape index (κ1) is 22.0. The number of carbonyl (C=O) groups is 1. The fourth-order valence-corrected chi connectivity index (χ4v) is 4.60. The van der Waals surface area contributed by atoms with E-state index in [1.807, 2.05) is 24.3 Å². The van der Waals surface area contributed by atoms with Crippen LogP contribution in [0.4, 0.5) is 11.4 Å². The lowest BCUT2D eigenvalue weighted by atomic mass is 9.98. The topological polar surface area (TPSA) is 79.5 Å². The molecule has 2 heterocycles. The van der Waals surface area contributed by atoms with Crippen LogP contribution in [-0.4, -0.2) is 36.9 Å². The summed E-state index contributed by atoms with van der Waals surface area (Å²) in [6, 6.07) is 9.23. The number of hydrogen-bond donors (Lipinski definition) is 2. The molecule has 0 saturated heterocycles. The van der Waals surface area contributed by atoms with Gasteiger partial charge in [-0.15, -0.1) is 0 Å². The van der Waals surface area contributed by atoms with Gasteiger partial charge < -0.3 is 19.7 Å². The summed E-state index contributed by atoms with van der Waals surface area (Å²) in [5, 5.41) is 11.4. The maximum atomic E-state index is 11.9. The first-order valence-electron chi connectivity index (χ1n) is 9.92. The van der Waals surface area contributed by atoms with E-state index >= 15 is 0 Å². The van der Waals surface area contributed by atoms with E-state index in [-0.39, 0.29) is 5.91 Å². The molecule has 0 saturated carbocycles. The van der Waals surface area contributed by atoms with E-state index in [9.17, 15) is 4.79 Å². The van der Waals surface area contributed by atoms with E-state index in [4.69, 9.17) is 32.7 Å². The average molecular weight is 473 g/mol. The van der Waals surface area contributed by atoms with Crippen molar-refractivity contribution < 1.29 is 14.3 Å². The van der Waals surface area contributed by atoms with Crippen LogP contribution in [0.5, 0.6) is 11.5 Å². The van der Waals surface area contributed by atoms with Crippen LogP contribution in [0.2, 0.25) is 10.0 Å². The Bertz CT molecular complexity index is 1160. The summed E-state index contributed by atoms with van der Waals surface area (Å²) in [6.45, 7) is 4.71. The molecular weight excluding hydrogens is 451 g/mol. The number of halogens is 2. The van der Waals surface area contributed by atoms with Crippen molar-refractivity contribution in [3.63, 3.8) is 0 Å². The minimum absolute atomic E-state index is 0.274. The van der Waals surface area contributed by atoms with Gasteiger partial charge in [0, 0.05) is 23.7 Å². The zero-order valence-electron chi connectivity index (χ0n) is 17.7. The van der Waals surface area contributed by atoms with Crippen LogP contribution in [0.3, 0.4) is 0 Å². The van der Waals surface area contributed by atoms with Crippen LogP contribution in [0, 0.1) is 0 Å². The number of anilines is 2. The number of nitrogens with zero attached hydrogens (tertiary/aromatic N) is 2. The number of carbonyl (C=O) groups excluding carboxylic acids is 1.